The third-order valence-electron chi connectivity index (χ3n) is 2.65. The summed E-state index contributed by atoms with van der Waals surface area (Å²) in [5, 5.41) is 0.569. The van der Waals surface area contributed by atoms with Crippen molar-refractivity contribution in [2.45, 2.75) is 58.1 Å². The monoisotopic (exact) mass is 430 g/mol. The molecule has 0 aliphatic carbocycles. The highest BCUT2D eigenvalue weighted by molar-refractivity contribution is 9.08. The molecule has 0 radical (unpaired) electrons. The summed E-state index contributed by atoms with van der Waals surface area (Å²) in [6.07, 6.45) is 0. The highest BCUT2D eigenvalue weighted by Gasteiger charge is 2.18. The van der Waals surface area contributed by atoms with Crippen LogP contribution in [0.1, 0.15) is 47.1 Å². The molecule has 0 N–H and O–H groups in total. The van der Waals surface area contributed by atoms with Gasteiger partial charge in [-0.3, -0.25) is 0 Å². The number of halogens is 1. The predicted octanol–water partition coefficient (Wildman–Crippen LogP) is 4.02. The fourth-order valence-electron chi connectivity index (χ4n) is 1.90. The number of carbonyl (C=O) groups is 2. The van der Waals surface area contributed by atoms with Gasteiger partial charge in [0.1, 0.15) is 22.7 Å². The minimum atomic E-state index is -0.570. The van der Waals surface area contributed by atoms with E-state index in [4.69, 9.17) is 18.9 Å². The topological polar surface area (TPSA) is 71.1 Å². The minimum absolute atomic E-state index is 0.214. The Kier molecular flexibility index (Phi) is 7.93. The Bertz CT molecular complexity index is 578. The van der Waals surface area contributed by atoms with Gasteiger partial charge in [-0.1, -0.05) is 15.9 Å². The zero-order valence-electron chi connectivity index (χ0n) is 16.2. The van der Waals surface area contributed by atoms with Gasteiger partial charge in [0.05, 0.1) is 0 Å². The first-order chi connectivity index (χ1) is 11.9. The van der Waals surface area contributed by atoms with Crippen LogP contribution in [0.25, 0.3) is 0 Å². The molecular weight excluding hydrogens is 404 g/mol. The molecule has 0 atom stereocenters. The molecule has 0 saturated carbocycles. The summed E-state index contributed by atoms with van der Waals surface area (Å²) in [6, 6.07) is 5.17. The van der Waals surface area contributed by atoms with Gasteiger partial charge in [-0.15, -0.1) is 0 Å². The van der Waals surface area contributed by atoms with Gasteiger partial charge >= 0.3 is 11.9 Å². The second-order valence-corrected chi connectivity index (χ2v) is 8.26. The van der Waals surface area contributed by atoms with Gasteiger partial charge in [0.25, 0.3) is 0 Å². The Labute approximate surface area is 163 Å². The first kappa shape index (κ1) is 22.3. The van der Waals surface area contributed by atoms with Crippen molar-refractivity contribution in [3.63, 3.8) is 0 Å². The third kappa shape index (κ3) is 9.65. The molecular formula is C19H27BrO6. The van der Waals surface area contributed by atoms with E-state index >= 15 is 0 Å². The van der Waals surface area contributed by atoms with Gasteiger partial charge in [-0.2, -0.15) is 0 Å². The quantitative estimate of drug-likeness (QED) is 0.480. The number of benzene rings is 1. The van der Waals surface area contributed by atoms with Crippen LogP contribution in [0.3, 0.4) is 0 Å². The van der Waals surface area contributed by atoms with Crippen LogP contribution in [0.5, 0.6) is 11.5 Å². The SMILES string of the molecule is CC(C)(C)OC(=O)COc1cc(CBr)cc(OCC(=O)OC(C)(C)C)c1. The van der Waals surface area contributed by atoms with Crippen LogP contribution in [0, 0.1) is 0 Å². The van der Waals surface area contributed by atoms with Gasteiger partial charge in [-0.05, 0) is 59.2 Å². The largest absolute Gasteiger partial charge is 0.482 e. The molecule has 6 nitrogen and oxygen atoms in total. The lowest BCUT2D eigenvalue weighted by atomic mass is 10.2. The molecule has 0 amide bonds. The summed E-state index contributed by atoms with van der Waals surface area (Å²) >= 11 is 3.37. The number of hydrogen-bond donors (Lipinski definition) is 0. The fraction of sp³-hybridized carbons (Fsp3) is 0.579. The third-order valence-corrected chi connectivity index (χ3v) is 3.30. The van der Waals surface area contributed by atoms with Crippen molar-refractivity contribution in [2.75, 3.05) is 13.2 Å². The van der Waals surface area contributed by atoms with E-state index in [1.54, 1.807) is 59.7 Å². The smallest absolute Gasteiger partial charge is 0.344 e. The zero-order chi connectivity index (χ0) is 20.0. The molecule has 146 valence electrons. The van der Waals surface area contributed by atoms with E-state index < -0.39 is 23.1 Å². The van der Waals surface area contributed by atoms with E-state index in [1.807, 2.05) is 0 Å². The molecule has 0 aromatic heterocycles. The molecule has 0 heterocycles. The molecule has 0 saturated heterocycles. The van der Waals surface area contributed by atoms with E-state index in [0.717, 1.165) is 5.56 Å². The average molecular weight is 431 g/mol. The summed E-state index contributed by atoms with van der Waals surface area (Å²) in [5.74, 6) is -0.0186. The summed E-state index contributed by atoms with van der Waals surface area (Å²) in [4.78, 5) is 23.5. The lowest BCUT2D eigenvalue weighted by Gasteiger charge is -2.20. The van der Waals surface area contributed by atoms with Crippen molar-refractivity contribution in [1.29, 1.82) is 0 Å². The number of rotatable bonds is 7. The standard InChI is InChI=1S/C19H27BrO6/c1-18(2,3)25-16(21)11-23-14-7-13(10-20)8-15(9-14)24-12-17(22)26-19(4,5)6/h7-9H,10-12H2,1-6H3. The molecule has 0 spiro atoms. The van der Waals surface area contributed by atoms with Gasteiger partial charge in [0.2, 0.25) is 0 Å². The van der Waals surface area contributed by atoms with E-state index in [1.165, 1.54) is 0 Å². The maximum absolute atomic E-state index is 11.8. The summed E-state index contributed by atoms with van der Waals surface area (Å²) in [5.41, 5.74) is -0.259. The molecule has 1 aromatic carbocycles. The predicted molar refractivity (Wildman–Crippen MR) is 102 cm³/mol. The molecule has 1 rings (SSSR count). The number of ether oxygens (including phenoxy) is 4. The van der Waals surface area contributed by atoms with E-state index in [-0.39, 0.29) is 13.2 Å². The Morgan fingerprint density at radius 2 is 1.19 bits per heavy atom. The van der Waals surface area contributed by atoms with E-state index in [9.17, 15) is 9.59 Å². The molecule has 7 heteroatoms. The molecule has 0 fully saturated rings. The van der Waals surface area contributed by atoms with Crippen molar-refractivity contribution in [3.05, 3.63) is 23.8 Å². The highest BCUT2D eigenvalue weighted by Crippen LogP contribution is 2.25. The molecule has 26 heavy (non-hydrogen) atoms. The van der Waals surface area contributed by atoms with Crippen LogP contribution in [-0.4, -0.2) is 36.4 Å². The minimum Gasteiger partial charge on any atom is -0.482 e. The zero-order valence-corrected chi connectivity index (χ0v) is 17.8. The van der Waals surface area contributed by atoms with E-state index in [2.05, 4.69) is 15.9 Å². The Morgan fingerprint density at radius 1 is 0.808 bits per heavy atom. The lowest BCUT2D eigenvalue weighted by molar-refractivity contribution is -0.158. The molecule has 0 bridgehead atoms. The summed E-state index contributed by atoms with van der Waals surface area (Å²) < 4.78 is 21.4. The number of hydrogen-bond acceptors (Lipinski definition) is 6. The first-order valence-corrected chi connectivity index (χ1v) is 9.39. The normalized spacial score (nSPS) is 11.7. The van der Waals surface area contributed by atoms with Crippen LogP contribution < -0.4 is 9.47 Å². The van der Waals surface area contributed by atoms with Crippen LogP contribution in [0.15, 0.2) is 18.2 Å². The number of alkyl halides is 1. The molecule has 0 unspecified atom stereocenters. The maximum Gasteiger partial charge on any atom is 0.344 e. The summed E-state index contributed by atoms with van der Waals surface area (Å²) in [7, 11) is 0. The number of esters is 2. The first-order valence-electron chi connectivity index (χ1n) is 8.27. The van der Waals surface area contributed by atoms with Crippen molar-refractivity contribution in [2.24, 2.45) is 0 Å². The van der Waals surface area contributed by atoms with Gasteiger partial charge in [-0.25, -0.2) is 9.59 Å². The van der Waals surface area contributed by atoms with Crippen LogP contribution >= 0.6 is 15.9 Å². The second-order valence-electron chi connectivity index (χ2n) is 7.70. The lowest BCUT2D eigenvalue weighted by Crippen LogP contribution is -2.27. The Balaban J connectivity index is 2.70. The Morgan fingerprint density at radius 3 is 1.50 bits per heavy atom. The van der Waals surface area contributed by atoms with Crippen LogP contribution in [0.4, 0.5) is 0 Å². The average Bonchev–Trinajstić information content (AvgIpc) is 2.47. The highest BCUT2D eigenvalue weighted by atomic mass is 79.9. The number of carbonyl (C=O) groups excluding carboxylic acids is 2. The van der Waals surface area contributed by atoms with Crippen molar-refractivity contribution >= 4 is 27.9 Å². The van der Waals surface area contributed by atoms with Crippen molar-refractivity contribution in [1.82, 2.24) is 0 Å². The van der Waals surface area contributed by atoms with Crippen LogP contribution in [-0.2, 0) is 24.4 Å². The second kappa shape index (κ2) is 9.26. The maximum atomic E-state index is 11.8. The van der Waals surface area contributed by atoms with Crippen molar-refractivity contribution < 1.29 is 28.5 Å². The van der Waals surface area contributed by atoms with Crippen LogP contribution in [0.2, 0.25) is 0 Å². The fourth-order valence-corrected chi connectivity index (χ4v) is 2.22. The van der Waals surface area contributed by atoms with Crippen molar-refractivity contribution in [3.8, 4) is 11.5 Å². The van der Waals surface area contributed by atoms with E-state index in [0.29, 0.717) is 16.8 Å². The molecule has 1 aromatic rings. The Hall–Kier alpha value is -1.76. The van der Waals surface area contributed by atoms with Gasteiger partial charge < -0.3 is 18.9 Å². The summed E-state index contributed by atoms with van der Waals surface area (Å²) in [6.45, 7) is 10.3. The van der Waals surface area contributed by atoms with Gasteiger partial charge in [0, 0.05) is 11.4 Å². The molecule has 0 aliphatic heterocycles. The molecule has 0 aliphatic rings. The van der Waals surface area contributed by atoms with Gasteiger partial charge in [0.15, 0.2) is 13.2 Å².